The Labute approximate surface area is 126 Å². The number of rotatable bonds is 3. The molecule has 114 valence electrons. The molecule has 0 aliphatic carbocycles. The average molecular weight is 298 g/mol. The van der Waals surface area contributed by atoms with E-state index in [1.54, 1.807) is 7.05 Å². The number of carbonyl (C=O) groups excluding carboxylic acids is 1. The van der Waals surface area contributed by atoms with Crippen molar-refractivity contribution in [2.24, 2.45) is 4.99 Å². The quantitative estimate of drug-likeness (QED) is 0.624. The first-order valence-electron chi connectivity index (χ1n) is 7.59. The predicted molar refractivity (Wildman–Crippen MR) is 85.3 cm³/mol. The van der Waals surface area contributed by atoms with Crippen molar-refractivity contribution in [2.75, 3.05) is 45.5 Å². The number of hydrogen-bond donors (Lipinski definition) is 1. The van der Waals surface area contributed by atoms with Gasteiger partial charge >= 0.3 is 0 Å². The Balaban J connectivity index is 1.81. The van der Waals surface area contributed by atoms with Crippen LogP contribution in [0.1, 0.15) is 26.2 Å². The summed E-state index contributed by atoms with van der Waals surface area (Å²) in [6.45, 7) is 6.47. The minimum Gasteiger partial charge on any atom is -0.347 e. The lowest BCUT2D eigenvalue weighted by Gasteiger charge is -2.34. The van der Waals surface area contributed by atoms with Crippen molar-refractivity contribution in [3.8, 4) is 0 Å². The van der Waals surface area contributed by atoms with E-state index in [1.165, 1.54) is 6.42 Å². The molecule has 2 rings (SSSR count). The second-order valence-corrected chi connectivity index (χ2v) is 6.74. The van der Waals surface area contributed by atoms with Crippen LogP contribution >= 0.6 is 11.8 Å². The summed E-state index contributed by atoms with van der Waals surface area (Å²) in [4.78, 5) is 20.6. The maximum atomic E-state index is 12.1. The van der Waals surface area contributed by atoms with E-state index in [-0.39, 0.29) is 5.91 Å². The van der Waals surface area contributed by atoms with Gasteiger partial charge < -0.3 is 15.1 Å². The minimum atomic E-state index is 0.196. The fraction of sp³-hybridized carbons (Fsp3) is 0.857. The monoisotopic (exact) mass is 298 g/mol. The Hall–Kier alpha value is -0.910. The summed E-state index contributed by atoms with van der Waals surface area (Å²) >= 11 is 2.04. The molecule has 20 heavy (non-hydrogen) atoms. The largest absolute Gasteiger partial charge is 0.347 e. The summed E-state index contributed by atoms with van der Waals surface area (Å²) < 4.78 is 0. The molecule has 1 atom stereocenters. The number of amides is 1. The molecule has 0 saturated carbocycles. The van der Waals surface area contributed by atoms with E-state index in [9.17, 15) is 4.79 Å². The molecule has 2 aliphatic heterocycles. The first-order valence-corrected chi connectivity index (χ1v) is 8.64. The van der Waals surface area contributed by atoms with E-state index in [2.05, 4.69) is 22.1 Å². The van der Waals surface area contributed by atoms with Crippen molar-refractivity contribution < 1.29 is 4.79 Å². The zero-order valence-corrected chi connectivity index (χ0v) is 13.4. The van der Waals surface area contributed by atoms with Crippen LogP contribution in [-0.2, 0) is 4.79 Å². The summed E-state index contributed by atoms with van der Waals surface area (Å²) in [5.74, 6) is 2.21. The second kappa shape index (κ2) is 7.76. The van der Waals surface area contributed by atoms with E-state index < -0.39 is 0 Å². The lowest BCUT2D eigenvalue weighted by Crippen LogP contribution is -2.50. The Bertz CT molecular complexity index is 355. The van der Waals surface area contributed by atoms with Gasteiger partial charge in [0.2, 0.25) is 5.91 Å². The normalized spacial score (nSPS) is 24.1. The van der Waals surface area contributed by atoms with Crippen LogP contribution < -0.4 is 5.32 Å². The molecule has 1 unspecified atom stereocenters. The van der Waals surface area contributed by atoms with E-state index >= 15 is 0 Å². The lowest BCUT2D eigenvalue weighted by molar-refractivity contribution is -0.128. The molecule has 0 spiro atoms. The highest BCUT2D eigenvalue weighted by atomic mass is 32.2. The number of aliphatic imine (C=N–C) groups is 1. The van der Waals surface area contributed by atoms with E-state index in [0.717, 1.165) is 50.7 Å². The highest BCUT2D eigenvalue weighted by Crippen LogP contribution is 2.20. The van der Waals surface area contributed by atoms with Gasteiger partial charge in [0, 0.05) is 44.2 Å². The van der Waals surface area contributed by atoms with Crippen molar-refractivity contribution in [2.45, 2.75) is 31.4 Å². The van der Waals surface area contributed by atoms with Crippen molar-refractivity contribution in [3.63, 3.8) is 0 Å². The number of nitrogens with zero attached hydrogens (tertiary/aromatic N) is 3. The highest BCUT2D eigenvalue weighted by Gasteiger charge is 2.23. The lowest BCUT2D eigenvalue weighted by atomic mass is 10.3. The summed E-state index contributed by atoms with van der Waals surface area (Å²) in [5, 5.41) is 3.91. The fourth-order valence-corrected chi connectivity index (χ4v) is 3.90. The van der Waals surface area contributed by atoms with E-state index in [0.29, 0.717) is 11.8 Å². The van der Waals surface area contributed by atoms with Gasteiger partial charge in [0.15, 0.2) is 5.96 Å². The molecule has 0 radical (unpaired) electrons. The third-order valence-electron chi connectivity index (χ3n) is 3.96. The Morgan fingerprint density at radius 3 is 2.70 bits per heavy atom. The SMILES string of the molecule is CCC1CN(C(=NC)NCC(=O)N2CCCC2)CCS1. The van der Waals surface area contributed by atoms with Crippen LogP contribution in [0.4, 0.5) is 0 Å². The predicted octanol–water partition coefficient (Wildman–Crippen LogP) is 1.01. The summed E-state index contributed by atoms with van der Waals surface area (Å²) in [6, 6.07) is 0. The van der Waals surface area contributed by atoms with Crippen molar-refractivity contribution in [1.29, 1.82) is 0 Å². The number of likely N-dealkylation sites (tertiary alicyclic amines) is 1. The zero-order valence-electron chi connectivity index (χ0n) is 12.6. The third-order valence-corrected chi connectivity index (χ3v) is 5.33. The zero-order chi connectivity index (χ0) is 14.4. The molecule has 0 aromatic carbocycles. The highest BCUT2D eigenvalue weighted by molar-refractivity contribution is 8.00. The Morgan fingerprint density at radius 2 is 2.05 bits per heavy atom. The molecule has 6 heteroatoms. The molecule has 2 aliphatic rings. The maximum Gasteiger partial charge on any atom is 0.241 e. The van der Waals surface area contributed by atoms with Gasteiger partial charge in [0.25, 0.3) is 0 Å². The third kappa shape index (κ3) is 4.04. The summed E-state index contributed by atoms with van der Waals surface area (Å²) in [5.41, 5.74) is 0. The van der Waals surface area contributed by atoms with Crippen LogP contribution in [-0.4, -0.2) is 72.4 Å². The van der Waals surface area contributed by atoms with Crippen LogP contribution in [0.25, 0.3) is 0 Å². The van der Waals surface area contributed by atoms with Gasteiger partial charge in [0.1, 0.15) is 0 Å². The Kier molecular flexibility index (Phi) is 6.01. The molecule has 0 aromatic rings. The number of thioether (sulfide) groups is 1. The topological polar surface area (TPSA) is 47.9 Å². The summed E-state index contributed by atoms with van der Waals surface area (Å²) in [7, 11) is 1.80. The average Bonchev–Trinajstić information content (AvgIpc) is 3.02. The molecule has 2 fully saturated rings. The first-order chi connectivity index (χ1) is 9.74. The summed E-state index contributed by atoms with van der Waals surface area (Å²) in [6.07, 6.45) is 3.47. The van der Waals surface area contributed by atoms with Gasteiger partial charge in [-0.3, -0.25) is 9.79 Å². The smallest absolute Gasteiger partial charge is 0.241 e. The van der Waals surface area contributed by atoms with Gasteiger partial charge in [-0.15, -0.1) is 0 Å². The first kappa shape index (κ1) is 15.5. The molecule has 5 nitrogen and oxygen atoms in total. The van der Waals surface area contributed by atoms with E-state index in [1.807, 2.05) is 16.7 Å². The van der Waals surface area contributed by atoms with Crippen LogP contribution in [0.5, 0.6) is 0 Å². The Morgan fingerprint density at radius 1 is 1.30 bits per heavy atom. The molecule has 2 heterocycles. The number of carbonyl (C=O) groups is 1. The van der Waals surface area contributed by atoms with Gasteiger partial charge in [-0.05, 0) is 19.3 Å². The minimum absolute atomic E-state index is 0.196. The van der Waals surface area contributed by atoms with Crippen molar-refractivity contribution in [1.82, 2.24) is 15.1 Å². The molecule has 1 amide bonds. The number of guanidine groups is 1. The van der Waals surface area contributed by atoms with Gasteiger partial charge in [-0.1, -0.05) is 6.92 Å². The van der Waals surface area contributed by atoms with Gasteiger partial charge in [-0.2, -0.15) is 11.8 Å². The number of nitrogens with one attached hydrogen (secondary N) is 1. The second-order valence-electron chi connectivity index (χ2n) is 5.34. The molecule has 2 saturated heterocycles. The van der Waals surface area contributed by atoms with Crippen LogP contribution in [0.2, 0.25) is 0 Å². The van der Waals surface area contributed by atoms with Crippen LogP contribution in [0, 0.1) is 0 Å². The fourth-order valence-electron chi connectivity index (χ4n) is 2.72. The van der Waals surface area contributed by atoms with Gasteiger partial charge in [-0.25, -0.2) is 0 Å². The maximum absolute atomic E-state index is 12.1. The van der Waals surface area contributed by atoms with Crippen LogP contribution in [0.3, 0.4) is 0 Å². The van der Waals surface area contributed by atoms with Crippen LogP contribution in [0.15, 0.2) is 4.99 Å². The van der Waals surface area contributed by atoms with E-state index in [4.69, 9.17) is 0 Å². The molecular formula is C14H26N4OS. The van der Waals surface area contributed by atoms with Crippen molar-refractivity contribution >= 4 is 23.6 Å². The molecular weight excluding hydrogens is 272 g/mol. The number of hydrogen-bond acceptors (Lipinski definition) is 3. The van der Waals surface area contributed by atoms with Crippen molar-refractivity contribution in [3.05, 3.63) is 0 Å². The van der Waals surface area contributed by atoms with Gasteiger partial charge in [0.05, 0.1) is 6.54 Å². The standard InChI is InChI=1S/C14H26N4OS/c1-3-12-11-18(8-9-20-12)14(15-2)16-10-13(19)17-6-4-5-7-17/h12H,3-11H2,1-2H3,(H,15,16). The molecule has 1 N–H and O–H groups in total. The molecule has 0 bridgehead atoms. The molecule has 0 aromatic heterocycles.